The van der Waals surface area contributed by atoms with Crippen molar-refractivity contribution >= 4 is 16.5 Å². The lowest BCUT2D eigenvalue weighted by Crippen LogP contribution is -2.33. The Hall–Kier alpha value is -1.55. The molecule has 0 saturated carbocycles. The quantitative estimate of drug-likeness (QED) is 0.690. The number of β-amino-alcohol motifs (C(OH)–C–C–N with tert-alkyl or cyclic N) is 1. The van der Waals surface area contributed by atoms with Crippen LogP contribution in [0.1, 0.15) is 5.56 Å². The number of sulfonamides is 1. The zero-order chi connectivity index (χ0) is 17.5. The molecule has 0 unspecified atom stereocenters. The lowest BCUT2D eigenvalue weighted by atomic mass is 10.1. The molecule has 130 valence electrons. The molecular weight excluding hydrogens is 322 g/mol. The maximum atomic E-state index is 11.9. The van der Waals surface area contributed by atoms with E-state index in [1.165, 1.54) is 18.4 Å². The molecule has 0 aliphatic carbocycles. The molecule has 0 amide bonds. The van der Waals surface area contributed by atoms with E-state index in [2.05, 4.69) is 9.88 Å². The van der Waals surface area contributed by atoms with Gasteiger partial charge in [-0.2, -0.15) is 0 Å². The lowest BCUT2D eigenvalue weighted by molar-refractivity contribution is -0.122. The average Bonchev–Trinajstić information content (AvgIpc) is 2.80. The Kier molecular flexibility index (Phi) is 7.56. The first-order valence-electron chi connectivity index (χ1n) is 7.07. The Morgan fingerprint density at radius 1 is 1.35 bits per heavy atom. The van der Waals surface area contributed by atoms with Crippen LogP contribution >= 0.6 is 0 Å². The molecular formula is C14H23N3O5S. The molecule has 0 bridgehead atoms. The van der Waals surface area contributed by atoms with E-state index >= 15 is 0 Å². The van der Waals surface area contributed by atoms with Crippen LogP contribution in [0.5, 0.6) is 0 Å². The van der Waals surface area contributed by atoms with Gasteiger partial charge in [0.1, 0.15) is 0 Å². The minimum Gasteiger partial charge on any atom is -0.483 e. The summed E-state index contributed by atoms with van der Waals surface area (Å²) in [6.45, 7) is 1.56. The molecule has 2 rings (SSSR count). The van der Waals surface area contributed by atoms with E-state index in [1.807, 2.05) is 12.1 Å². The molecule has 1 aliphatic heterocycles. The fraction of sp³-hybridized carbons (Fsp3) is 0.571. The first-order chi connectivity index (χ1) is 10.8. The number of hydrogen-bond acceptors (Lipinski definition) is 6. The molecule has 0 aromatic carbocycles. The summed E-state index contributed by atoms with van der Waals surface area (Å²) in [6, 6.07) is 3.85. The summed E-state index contributed by atoms with van der Waals surface area (Å²) in [6.07, 6.45) is 2.87. The van der Waals surface area contributed by atoms with Crippen molar-refractivity contribution in [1.29, 1.82) is 0 Å². The van der Waals surface area contributed by atoms with Crippen LogP contribution < -0.4 is 0 Å². The largest absolute Gasteiger partial charge is 0.483 e. The molecule has 1 fully saturated rings. The van der Waals surface area contributed by atoms with E-state index in [4.69, 9.17) is 9.90 Å². The van der Waals surface area contributed by atoms with E-state index in [0.29, 0.717) is 19.6 Å². The van der Waals surface area contributed by atoms with Gasteiger partial charge in [-0.05, 0) is 17.7 Å². The third-order valence-electron chi connectivity index (χ3n) is 3.62. The molecule has 0 radical (unpaired) electrons. The topological polar surface area (TPSA) is 111 Å². The average molecular weight is 345 g/mol. The Labute approximate surface area is 136 Å². The van der Waals surface area contributed by atoms with Gasteiger partial charge in [-0.15, -0.1) is 0 Å². The van der Waals surface area contributed by atoms with Crippen molar-refractivity contribution in [1.82, 2.24) is 14.2 Å². The summed E-state index contributed by atoms with van der Waals surface area (Å²) < 4.78 is 25.0. The highest BCUT2D eigenvalue weighted by Gasteiger charge is 2.35. The summed E-state index contributed by atoms with van der Waals surface area (Å²) in [5.74, 6) is -0.238. The van der Waals surface area contributed by atoms with Crippen molar-refractivity contribution in [2.75, 3.05) is 32.9 Å². The Balaban J connectivity index is 0.000000816. The number of aliphatic hydroxyl groups is 1. The van der Waals surface area contributed by atoms with Crippen molar-refractivity contribution in [2.24, 2.45) is 5.92 Å². The number of likely N-dealkylation sites (tertiary alicyclic amines) is 1. The van der Waals surface area contributed by atoms with Crippen LogP contribution in [0, 0.1) is 5.92 Å². The van der Waals surface area contributed by atoms with Crippen molar-refractivity contribution in [3.8, 4) is 0 Å². The third-order valence-corrected chi connectivity index (χ3v) is 5.58. The van der Waals surface area contributed by atoms with Gasteiger partial charge in [0.15, 0.2) is 0 Å². The maximum absolute atomic E-state index is 11.9. The molecule has 2 atom stereocenters. The van der Waals surface area contributed by atoms with Crippen LogP contribution in [0.4, 0.5) is 0 Å². The second kappa shape index (κ2) is 8.92. The van der Waals surface area contributed by atoms with Gasteiger partial charge in [0, 0.05) is 52.0 Å². The normalized spacial score (nSPS) is 21.7. The Bertz CT molecular complexity index is 579. The predicted molar refractivity (Wildman–Crippen MR) is 85.2 cm³/mol. The minimum atomic E-state index is -3.27. The van der Waals surface area contributed by atoms with Crippen LogP contribution in [-0.4, -0.2) is 78.3 Å². The third kappa shape index (κ3) is 6.22. The van der Waals surface area contributed by atoms with Crippen LogP contribution in [-0.2, 0) is 21.4 Å². The number of nitrogens with zero attached hydrogens (tertiary/aromatic N) is 3. The zero-order valence-corrected chi connectivity index (χ0v) is 14.1. The highest BCUT2D eigenvalue weighted by molar-refractivity contribution is 7.89. The van der Waals surface area contributed by atoms with Crippen LogP contribution in [0.25, 0.3) is 0 Å². The number of hydrogen-bond donors (Lipinski definition) is 2. The fourth-order valence-corrected chi connectivity index (χ4v) is 3.57. The Morgan fingerprint density at radius 2 is 1.91 bits per heavy atom. The Morgan fingerprint density at radius 3 is 2.43 bits per heavy atom. The van der Waals surface area contributed by atoms with E-state index in [9.17, 15) is 13.5 Å². The van der Waals surface area contributed by atoms with E-state index in [-0.39, 0.29) is 18.1 Å². The number of aliphatic hydroxyl groups excluding tert-OH is 1. The predicted octanol–water partition coefficient (Wildman–Crippen LogP) is -0.533. The van der Waals surface area contributed by atoms with Gasteiger partial charge in [0.2, 0.25) is 10.0 Å². The van der Waals surface area contributed by atoms with Crippen molar-refractivity contribution in [2.45, 2.75) is 12.6 Å². The van der Waals surface area contributed by atoms with Gasteiger partial charge in [0.05, 0.1) is 11.9 Å². The fourth-order valence-electron chi connectivity index (χ4n) is 2.40. The minimum absolute atomic E-state index is 0.00594. The molecule has 1 aromatic rings. The van der Waals surface area contributed by atoms with Crippen LogP contribution in [0.3, 0.4) is 0 Å². The summed E-state index contributed by atoms with van der Waals surface area (Å²) in [5.41, 5.74) is 1.11. The summed E-state index contributed by atoms with van der Waals surface area (Å²) in [7, 11) is -0.236. The lowest BCUT2D eigenvalue weighted by Gasteiger charge is -2.18. The first-order valence-corrected chi connectivity index (χ1v) is 8.68. The summed E-state index contributed by atoms with van der Waals surface area (Å²) >= 11 is 0. The van der Waals surface area contributed by atoms with Gasteiger partial charge in [0.25, 0.3) is 6.47 Å². The van der Waals surface area contributed by atoms with Crippen molar-refractivity contribution < 1.29 is 23.4 Å². The van der Waals surface area contributed by atoms with E-state index < -0.39 is 16.1 Å². The molecule has 9 heteroatoms. The monoisotopic (exact) mass is 345 g/mol. The molecule has 1 aliphatic rings. The number of pyridine rings is 1. The molecule has 8 nitrogen and oxygen atoms in total. The standard InChI is InChI=1S/C13H21N3O3S.CH2O2/c1-15(2)20(18,19)10-12-8-16(9-13(12)17)7-11-3-5-14-6-4-11;2-1-3/h3-6,12-13,17H,7-10H2,1-2H3;1H,(H,2,3)/t12-,13-;/m0./s1. The van der Waals surface area contributed by atoms with Gasteiger partial charge in [-0.1, -0.05) is 0 Å². The molecule has 1 saturated heterocycles. The second-order valence-electron chi connectivity index (χ2n) is 5.54. The van der Waals surface area contributed by atoms with Crippen LogP contribution in [0.15, 0.2) is 24.5 Å². The number of carboxylic acid groups (broad SMARTS) is 1. The van der Waals surface area contributed by atoms with Crippen molar-refractivity contribution in [3.05, 3.63) is 30.1 Å². The summed E-state index contributed by atoms with van der Waals surface area (Å²) in [5, 5.41) is 16.9. The number of rotatable bonds is 5. The maximum Gasteiger partial charge on any atom is 0.290 e. The van der Waals surface area contributed by atoms with Crippen molar-refractivity contribution in [3.63, 3.8) is 0 Å². The van der Waals surface area contributed by atoms with E-state index in [0.717, 1.165) is 5.56 Å². The molecule has 2 N–H and O–H groups in total. The highest BCUT2D eigenvalue weighted by atomic mass is 32.2. The van der Waals surface area contributed by atoms with Gasteiger partial charge in [-0.25, -0.2) is 12.7 Å². The molecule has 2 heterocycles. The van der Waals surface area contributed by atoms with Gasteiger partial charge < -0.3 is 10.2 Å². The molecule has 23 heavy (non-hydrogen) atoms. The van der Waals surface area contributed by atoms with Gasteiger partial charge in [-0.3, -0.25) is 14.7 Å². The number of carbonyl (C=O) groups is 1. The SMILES string of the molecule is CN(C)S(=O)(=O)C[C@@H]1CN(Cc2ccncc2)C[C@@H]1O.O=CO. The first kappa shape index (κ1) is 19.5. The number of aromatic nitrogens is 1. The molecule has 0 spiro atoms. The van der Waals surface area contributed by atoms with E-state index in [1.54, 1.807) is 12.4 Å². The van der Waals surface area contributed by atoms with Gasteiger partial charge >= 0.3 is 0 Å². The smallest absolute Gasteiger partial charge is 0.290 e. The second-order valence-corrected chi connectivity index (χ2v) is 7.77. The zero-order valence-electron chi connectivity index (χ0n) is 13.2. The highest BCUT2D eigenvalue weighted by Crippen LogP contribution is 2.21. The molecule has 1 aromatic heterocycles. The van der Waals surface area contributed by atoms with Crippen LogP contribution in [0.2, 0.25) is 0 Å². The summed E-state index contributed by atoms with van der Waals surface area (Å²) in [4.78, 5) is 14.4.